The standard InChI is InChI=1S/C26H48O/c1-4-7-9-14-23-15-17-25(18-16-23)27-22-12-21-26(19-10-8-11-20-26)24(6-3)13-5-2/h12,21,23-25H,4-11,13-20,22H2,1-3H3/b21-12+/t23-,24?,25-. The third-order valence-corrected chi connectivity index (χ3v) is 7.62. The molecule has 2 aliphatic rings. The third-order valence-electron chi connectivity index (χ3n) is 7.62. The van der Waals surface area contributed by atoms with E-state index < -0.39 is 0 Å². The molecular weight excluding hydrogens is 328 g/mol. The summed E-state index contributed by atoms with van der Waals surface area (Å²) in [6.07, 6.45) is 27.7. The number of rotatable bonds is 12. The quantitative estimate of drug-likeness (QED) is 0.245. The summed E-state index contributed by atoms with van der Waals surface area (Å²) < 4.78 is 6.28. The van der Waals surface area contributed by atoms with Gasteiger partial charge in [-0.3, -0.25) is 0 Å². The number of hydrogen-bond acceptors (Lipinski definition) is 1. The minimum Gasteiger partial charge on any atom is -0.374 e. The lowest BCUT2D eigenvalue weighted by atomic mass is 9.63. The highest BCUT2D eigenvalue weighted by Crippen LogP contribution is 2.47. The first kappa shape index (κ1) is 23.0. The van der Waals surface area contributed by atoms with E-state index in [1.165, 1.54) is 103 Å². The predicted octanol–water partition coefficient (Wildman–Crippen LogP) is 8.48. The molecule has 1 unspecified atom stereocenters. The number of ether oxygens (including phenoxy) is 1. The van der Waals surface area contributed by atoms with Gasteiger partial charge in [0, 0.05) is 0 Å². The molecule has 0 aliphatic heterocycles. The van der Waals surface area contributed by atoms with E-state index in [0.29, 0.717) is 11.5 Å². The zero-order chi connectivity index (χ0) is 19.4. The van der Waals surface area contributed by atoms with Crippen LogP contribution in [0.15, 0.2) is 12.2 Å². The molecule has 0 bridgehead atoms. The fourth-order valence-corrected chi connectivity index (χ4v) is 5.91. The molecule has 0 N–H and O–H groups in total. The van der Waals surface area contributed by atoms with E-state index in [0.717, 1.165) is 18.4 Å². The summed E-state index contributed by atoms with van der Waals surface area (Å²) in [5, 5.41) is 0. The molecule has 0 saturated heterocycles. The van der Waals surface area contributed by atoms with E-state index in [2.05, 4.69) is 32.9 Å². The van der Waals surface area contributed by atoms with Gasteiger partial charge in [-0.25, -0.2) is 0 Å². The van der Waals surface area contributed by atoms with Crippen molar-refractivity contribution in [2.75, 3.05) is 6.61 Å². The Hall–Kier alpha value is -0.300. The van der Waals surface area contributed by atoms with Crippen LogP contribution < -0.4 is 0 Å². The fourth-order valence-electron chi connectivity index (χ4n) is 5.91. The van der Waals surface area contributed by atoms with Gasteiger partial charge in [-0.1, -0.05) is 90.7 Å². The van der Waals surface area contributed by atoms with Gasteiger partial charge in [0.15, 0.2) is 0 Å². The molecule has 27 heavy (non-hydrogen) atoms. The van der Waals surface area contributed by atoms with Crippen molar-refractivity contribution >= 4 is 0 Å². The van der Waals surface area contributed by atoms with Crippen molar-refractivity contribution in [3.05, 3.63) is 12.2 Å². The summed E-state index contributed by atoms with van der Waals surface area (Å²) in [5.41, 5.74) is 0.476. The summed E-state index contributed by atoms with van der Waals surface area (Å²) in [6.45, 7) is 7.90. The summed E-state index contributed by atoms with van der Waals surface area (Å²) in [5.74, 6) is 1.86. The first-order chi connectivity index (χ1) is 13.2. The zero-order valence-corrected chi connectivity index (χ0v) is 18.8. The molecule has 0 amide bonds. The summed E-state index contributed by atoms with van der Waals surface area (Å²) >= 11 is 0. The summed E-state index contributed by atoms with van der Waals surface area (Å²) in [4.78, 5) is 0. The van der Waals surface area contributed by atoms with Crippen LogP contribution in [0.5, 0.6) is 0 Å². The third kappa shape index (κ3) is 7.56. The molecule has 0 radical (unpaired) electrons. The van der Waals surface area contributed by atoms with Gasteiger partial charge < -0.3 is 4.74 Å². The summed E-state index contributed by atoms with van der Waals surface area (Å²) in [7, 11) is 0. The lowest BCUT2D eigenvalue weighted by molar-refractivity contribution is 0.0325. The first-order valence-electron chi connectivity index (χ1n) is 12.5. The van der Waals surface area contributed by atoms with Gasteiger partial charge in [-0.05, 0) is 62.2 Å². The molecule has 0 heterocycles. The monoisotopic (exact) mass is 376 g/mol. The molecule has 158 valence electrons. The van der Waals surface area contributed by atoms with E-state index in [9.17, 15) is 0 Å². The van der Waals surface area contributed by atoms with Crippen LogP contribution in [0, 0.1) is 17.3 Å². The van der Waals surface area contributed by atoms with Crippen LogP contribution in [-0.2, 0) is 4.74 Å². The van der Waals surface area contributed by atoms with Crippen LogP contribution in [0.3, 0.4) is 0 Å². The second-order valence-corrected chi connectivity index (χ2v) is 9.56. The molecular formula is C26H48O. The smallest absolute Gasteiger partial charge is 0.0651 e. The van der Waals surface area contributed by atoms with Crippen LogP contribution in [0.4, 0.5) is 0 Å². The van der Waals surface area contributed by atoms with Crippen LogP contribution in [-0.4, -0.2) is 12.7 Å². The van der Waals surface area contributed by atoms with Crippen molar-refractivity contribution < 1.29 is 4.74 Å². The second-order valence-electron chi connectivity index (χ2n) is 9.56. The second kappa shape index (κ2) is 13.0. The minimum atomic E-state index is 0.476. The molecule has 0 aromatic rings. The number of unbranched alkanes of at least 4 members (excludes halogenated alkanes) is 2. The van der Waals surface area contributed by atoms with Crippen LogP contribution >= 0.6 is 0 Å². The average Bonchev–Trinajstić information content (AvgIpc) is 2.71. The Balaban J connectivity index is 1.74. The van der Waals surface area contributed by atoms with E-state index in [1.807, 2.05) is 0 Å². The zero-order valence-electron chi connectivity index (χ0n) is 18.8. The van der Waals surface area contributed by atoms with Gasteiger partial charge in [0.25, 0.3) is 0 Å². The minimum absolute atomic E-state index is 0.476. The van der Waals surface area contributed by atoms with E-state index >= 15 is 0 Å². The molecule has 2 aliphatic carbocycles. The lowest BCUT2D eigenvalue weighted by Crippen LogP contribution is -2.31. The molecule has 2 rings (SSSR count). The first-order valence-corrected chi connectivity index (χ1v) is 12.5. The number of allylic oxidation sites excluding steroid dienone is 1. The van der Waals surface area contributed by atoms with Crippen molar-refractivity contribution in [3.63, 3.8) is 0 Å². The highest BCUT2D eigenvalue weighted by molar-refractivity contribution is 5.04. The lowest BCUT2D eigenvalue weighted by Gasteiger charge is -2.42. The Labute approximate surface area is 170 Å². The highest BCUT2D eigenvalue weighted by atomic mass is 16.5. The van der Waals surface area contributed by atoms with Gasteiger partial charge in [-0.15, -0.1) is 0 Å². The molecule has 2 fully saturated rings. The van der Waals surface area contributed by atoms with Crippen LogP contribution in [0.2, 0.25) is 0 Å². The molecule has 1 atom stereocenters. The molecule has 2 saturated carbocycles. The Morgan fingerprint density at radius 3 is 2.30 bits per heavy atom. The van der Waals surface area contributed by atoms with Gasteiger partial charge in [-0.2, -0.15) is 0 Å². The molecule has 0 aromatic heterocycles. The Kier molecular flexibility index (Phi) is 11.1. The van der Waals surface area contributed by atoms with Crippen molar-refractivity contribution in [1.29, 1.82) is 0 Å². The van der Waals surface area contributed by atoms with Gasteiger partial charge >= 0.3 is 0 Å². The van der Waals surface area contributed by atoms with Gasteiger partial charge in [0.05, 0.1) is 12.7 Å². The largest absolute Gasteiger partial charge is 0.374 e. The normalized spacial score (nSPS) is 27.1. The highest BCUT2D eigenvalue weighted by Gasteiger charge is 2.35. The van der Waals surface area contributed by atoms with Gasteiger partial charge in [0.1, 0.15) is 0 Å². The average molecular weight is 377 g/mol. The SMILES string of the molecule is CCCCC[C@H]1CC[C@H](OC/C=C/C2(C(CC)CCC)CCCCC2)CC1. The maximum Gasteiger partial charge on any atom is 0.0651 e. The van der Waals surface area contributed by atoms with Crippen LogP contribution in [0.25, 0.3) is 0 Å². The van der Waals surface area contributed by atoms with Crippen molar-refractivity contribution in [2.45, 2.75) is 130 Å². The predicted molar refractivity (Wildman–Crippen MR) is 119 cm³/mol. The van der Waals surface area contributed by atoms with E-state index in [1.54, 1.807) is 0 Å². The van der Waals surface area contributed by atoms with Crippen molar-refractivity contribution in [3.8, 4) is 0 Å². The van der Waals surface area contributed by atoms with E-state index in [-0.39, 0.29) is 0 Å². The molecule has 0 aromatic carbocycles. The Morgan fingerprint density at radius 1 is 0.926 bits per heavy atom. The topological polar surface area (TPSA) is 9.23 Å². The molecule has 0 spiro atoms. The van der Waals surface area contributed by atoms with Crippen molar-refractivity contribution in [2.24, 2.45) is 17.3 Å². The molecule has 1 nitrogen and oxygen atoms in total. The van der Waals surface area contributed by atoms with Crippen molar-refractivity contribution in [1.82, 2.24) is 0 Å². The van der Waals surface area contributed by atoms with E-state index in [4.69, 9.17) is 4.74 Å². The van der Waals surface area contributed by atoms with Gasteiger partial charge in [0.2, 0.25) is 0 Å². The Bertz CT molecular complexity index is 385. The number of hydrogen-bond donors (Lipinski definition) is 0. The molecule has 1 heteroatoms. The fraction of sp³-hybridized carbons (Fsp3) is 0.923. The summed E-state index contributed by atoms with van der Waals surface area (Å²) in [6, 6.07) is 0. The maximum atomic E-state index is 6.28. The Morgan fingerprint density at radius 2 is 1.67 bits per heavy atom. The van der Waals surface area contributed by atoms with Crippen LogP contribution in [0.1, 0.15) is 124 Å². The maximum absolute atomic E-state index is 6.28.